The monoisotopic (exact) mass is 307 g/mol. The Bertz CT molecular complexity index is 515. The van der Waals surface area contributed by atoms with Crippen LogP contribution in [0.25, 0.3) is 0 Å². The molecule has 0 N–H and O–H groups in total. The van der Waals surface area contributed by atoms with Crippen LogP contribution in [0.5, 0.6) is 5.75 Å². The van der Waals surface area contributed by atoms with E-state index in [2.05, 4.69) is 37.8 Å². The van der Waals surface area contributed by atoms with Gasteiger partial charge in [-0.05, 0) is 29.9 Å². The van der Waals surface area contributed by atoms with Crippen molar-refractivity contribution < 1.29 is 4.74 Å². The maximum atomic E-state index is 6.44. The van der Waals surface area contributed by atoms with Crippen LogP contribution in [-0.4, -0.2) is 17.7 Å². The SMILES string of the molecule is CC(C)(C)c1cc(Cl)c2c(c1)CN(C1CCCCC1)CO2. The number of rotatable bonds is 1. The first-order valence-electron chi connectivity index (χ1n) is 8.15. The van der Waals surface area contributed by atoms with Gasteiger partial charge in [0.1, 0.15) is 12.5 Å². The van der Waals surface area contributed by atoms with Crippen LogP contribution >= 0.6 is 11.6 Å². The van der Waals surface area contributed by atoms with Gasteiger partial charge in [0.15, 0.2) is 0 Å². The summed E-state index contributed by atoms with van der Waals surface area (Å²) in [6.07, 6.45) is 6.73. The molecule has 0 radical (unpaired) electrons. The lowest BCUT2D eigenvalue weighted by Gasteiger charge is -2.38. The lowest BCUT2D eigenvalue weighted by atomic mass is 9.85. The van der Waals surface area contributed by atoms with Gasteiger partial charge in [0.25, 0.3) is 0 Å². The standard InChI is InChI=1S/C18H26ClNO/c1-18(2,3)14-9-13-11-20(15-7-5-4-6-8-15)12-21-17(13)16(19)10-14/h9-10,15H,4-8,11-12H2,1-3H3. The second-order valence-electron chi connectivity index (χ2n) is 7.51. The molecule has 1 saturated carbocycles. The van der Waals surface area contributed by atoms with Crippen LogP contribution in [0.4, 0.5) is 0 Å². The maximum absolute atomic E-state index is 6.44. The van der Waals surface area contributed by atoms with Gasteiger partial charge in [-0.3, -0.25) is 4.90 Å². The molecule has 0 amide bonds. The van der Waals surface area contributed by atoms with Gasteiger partial charge < -0.3 is 4.74 Å². The zero-order valence-electron chi connectivity index (χ0n) is 13.4. The second-order valence-corrected chi connectivity index (χ2v) is 7.92. The summed E-state index contributed by atoms with van der Waals surface area (Å²) in [5.74, 6) is 0.900. The first kappa shape index (κ1) is 15.2. The van der Waals surface area contributed by atoms with Crippen molar-refractivity contribution in [3.63, 3.8) is 0 Å². The van der Waals surface area contributed by atoms with Crippen molar-refractivity contribution in [1.82, 2.24) is 4.90 Å². The topological polar surface area (TPSA) is 12.5 Å². The van der Waals surface area contributed by atoms with E-state index >= 15 is 0 Å². The normalized spacial score (nSPS) is 21.0. The van der Waals surface area contributed by atoms with Gasteiger partial charge in [0, 0.05) is 18.2 Å². The molecule has 0 saturated heterocycles. The molecule has 0 aromatic heterocycles. The van der Waals surface area contributed by atoms with Crippen molar-refractivity contribution in [3.05, 3.63) is 28.3 Å². The highest BCUT2D eigenvalue weighted by molar-refractivity contribution is 6.32. The van der Waals surface area contributed by atoms with Crippen molar-refractivity contribution in [1.29, 1.82) is 0 Å². The van der Waals surface area contributed by atoms with E-state index in [4.69, 9.17) is 16.3 Å². The predicted octanol–water partition coefficient (Wildman–Crippen LogP) is 5.12. The van der Waals surface area contributed by atoms with Gasteiger partial charge in [-0.15, -0.1) is 0 Å². The van der Waals surface area contributed by atoms with Crippen LogP contribution in [-0.2, 0) is 12.0 Å². The highest BCUT2D eigenvalue weighted by Crippen LogP contribution is 2.38. The van der Waals surface area contributed by atoms with Crippen molar-refractivity contribution in [3.8, 4) is 5.75 Å². The van der Waals surface area contributed by atoms with E-state index in [-0.39, 0.29) is 5.41 Å². The molecule has 0 atom stereocenters. The molecule has 2 nitrogen and oxygen atoms in total. The highest BCUT2D eigenvalue weighted by atomic mass is 35.5. The molecular weight excluding hydrogens is 282 g/mol. The molecule has 0 bridgehead atoms. The summed E-state index contributed by atoms with van der Waals surface area (Å²) >= 11 is 6.44. The number of fused-ring (bicyclic) bond motifs is 1. The van der Waals surface area contributed by atoms with Crippen molar-refractivity contribution >= 4 is 11.6 Å². The molecule has 0 spiro atoms. The summed E-state index contributed by atoms with van der Waals surface area (Å²) in [5, 5.41) is 0.765. The summed E-state index contributed by atoms with van der Waals surface area (Å²) in [7, 11) is 0. The van der Waals surface area contributed by atoms with Crippen molar-refractivity contribution in [2.24, 2.45) is 0 Å². The van der Waals surface area contributed by atoms with Crippen LogP contribution in [0.15, 0.2) is 12.1 Å². The fraction of sp³-hybridized carbons (Fsp3) is 0.667. The van der Waals surface area contributed by atoms with E-state index in [0.29, 0.717) is 12.8 Å². The van der Waals surface area contributed by atoms with Crippen LogP contribution in [0.1, 0.15) is 64.0 Å². The van der Waals surface area contributed by atoms with Gasteiger partial charge in [-0.25, -0.2) is 0 Å². The minimum absolute atomic E-state index is 0.117. The minimum Gasteiger partial charge on any atom is -0.476 e. The fourth-order valence-corrected chi connectivity index (χ4v) is 3.75. The highest BCUT2D eigenvalue weighted by Gasteiger charge is 2.28. The Kier molecular flexibility index (Phi) is 4.20. The van der Waals surface area contributed by atoms with Gasteiger partial charge in [-0.1, -0.05) is 57.7 Å². The van der Waals surface area contributed by atoms with Gasteiger partial charge >= 0.3 is 0 Å². The molecule has 1 aromatic rings. The Morgan fingerprint density at radius 2 is 1.86 bits per heavy atom. The van der Waals surface area contributed by atoms with E-state index in [1.165, 1.54) is 43.2 Å². The Morgan fingerprint density at radius 3 is 2.52 bits per heavy atom. The molecular formula is C18H26ClNO. The fourth-order valence-electron chi connectivity index (χ4n) is 3.46. The Labute approximate surface area is 133 Å². The Morgan fingerprint density at radius 1 is 1.14 bits per heavy atom. The lowest BCUT2D eigenvalue weighted by Crippen LogP contribution is -2.41. The zero-order valence-corrected chi connectivity index (χ0v) is 14.2. The smallest absolute Gasteiger partial charge is 0.144 e. The summed E-state index contributed by atoms with van der Waals surface area (Å²) in [6, 6.07) is 5.04. The number of hydrogen-bond donors (Lipinski definition) is 0. The first-order valence-corrected chi connectivity index (χ1v) is 8.53. The molecule has 3 rings (SSSR count). The van der Waals surface area contributed by atoms with Gasteiger partial charge in [0.2, 0.25) is 0 Å². The largest absolute Gasteiger partial charge is 0.476 e. The van der Waals surface area contributed by atoms with E-state index in [1.807, 2.05) is 0 Å². The van der Waals surface area contributed by atoms with Crippen molar-refractivity contribution in [2.75, 3.05) is 6.73 Å². The molecule has 1 fully saturated rings. The second kappa shape index (κ2) is 5.81. The summed E-state index contributed by atoms with van der Waals surface area (Å²) < 4.78 is 5.98. The number of hydrogen-bond acceptors (Lipinski definition) is 2. The number of halogens is 1. The number of benzene rings is 1. The van der Waals surface area contributed by atoms with E-state index in [9.17, 15) is 0 Å². The molecule has 0 unspecified atom stereocenters. The van der Waals surface area contributed by atoms with Gasteiger partial charge in [0.05, 0.1) is 5.02 Å². The number of ether oxygens (including phenoxy) is 1. The number of nitrogens with zero attached hydrogens (tertiary/aromatic N) is 1. The van der Waals surface area contributed by atoms with Crippen LogP contribution in [0.2, 0.25) is 5.02 Å². The minimum atomic E-state index is 0.117. The Hall–Kier alpha value is -0.730. The molecule has 1 aliphatic carbocycles. The maximum Gasteiger partial charge on any atom is 0.144 e. The molecule has 1 aliphatic heterocycles. The average molecular weight is 308 g/mol. The van der Waals surface area contributed by atoms with E-state index in [0.717, 1.165) is 17.3 Å². The summed E-state index contributed by atoms with van der Waals surface area (Å²) in [5.41, 5.74) is 2.66. The summed E-state index contributed by atoms with van der Waals surface area (Å²) in [6.45, 7) is 8.35. The third-order valence-corrected chi connectivity index (χ3v) is 5.11. The van der Waals surface area contributed by atoms with Crippen LogP contribution < -0.4 is 4.74 Å². The summed E-state index contributed by atoms with van der Waals surface area (Å²) in [4.78, 5) is 2.49. The van der Waals surface area contributed by atoms with Crippen LogP contribution in [0, 0.1) is 0 Å². The molecule has 3 heteroatoms. The predicted molar refractivity (Wildman–Crippen MR) is 88.1 cm³/mol. The van der Waals surface area contributed by atoms with Gasteiger partial charge in [-0.2, -0.15) is 0 Å². The quantitative estimate of drug-likeness (QED) is 0.714. The molecule has 1 aromatic carbocycles. The third-order valence-electron chi connectivity index (χ3n) is 4.83. The van der Waals surface area contributed by atoms with Crippen LogP contribution in [0.3, 0.4) is 0 Å². The van der Waals surface area contributed by atoms with E-state index < -0.39 is 0 Å². The molecule has 116 valence electrons. The van der Waals surface area contributed by atoms with E-state index in [1.54, 1.807) is 0 Å². The molecule has 1 heterocycles. The lowest BCUT2D eigenvalue weighted by molar-refractivity contribution is 0.0403. The first-order chi connectivity index (χ1) is 9.95. The Balaban J connectivity index is 1.85. The molecule has 2 aliphatic rings. The molecule has 21 heavy (non-hydrogen) atoms. The zero-order chi connectivity index (χ0) is 15.0. The third kappa shape index (κ3) is 3.22. The van der Waals surface area contributed by atoms with Crippen molar-refractivity contribution in [2.45, 2.75) is 70.9 Å². The average Bonchev–Trinajstić information content (AvgIpc) is 2.46.